The fourth-order valence-corrected chi connectivity index (χ4v) is 2.60. The van der Waals surface area contributed by atoms with Crippen LogP contribution >= 0.6 is 0 Å². The van der Waals surface area contributed by atoms with Gasteiger partial charge in [-0.1, -0.05) is 0 Å². The van der Waals surface area contributed by atoms with Gasteiger partial charge in [0.05, 0.1) is 26.9 Å². The van der Waals surface area contributed by atoms with E-state index in [0.717, 1.165) is 17.7 Å². The lowest BCUT2D eigenvalue weighted by molar-refractivity contribution is 0.0900. The van der Waals surface area contributed by atoms with Crippen LogP contribution in [0.25, 0.3) is 0 Å². The minimum Gasteiger partial charge on any atom is -0.493 e. The number of methoxy groups -OCH3 is 2. The molecule has 0 aliphatic carbocycles. The van der Waals surface area contributed by atoms with Gasteiger partial charge in [-0.2, -0.15) is 0 Å². The van der Waals surface area contributed by atoms with Gasteiger partial charge in [0.15, 0.2) is 11.5 Å². The zero-order valence-electron chi connectivity index (χ0n) is 12.4. The van der Waals surface area contributed by atoms with Crippen molar-refractivity contribution in [2.24, 2.45) is 0 Å². The predicted molar refractivity (Wildman–Crippen MR) is 75.4 cm³/mol. The van der Waals surface area contributed by atoms with Crippen LogP contribution < -0.4 is 9.47 Å². The Balaban J connectivity index is 2.33. The second-order valence-electron chi connectivity index (χ2n) is 4.72. The minimum atomic E-state index is -0.263. The molecule has 0 radical (unpaired) electrons. The van der Waals surface area contributed by atoms with Crippen molar-refractivity contribution in [1.29, 1.82) is 0 Å². The Kier molecular flexibility index (Phi) is 4.37. The highest BCUT2D eigenvalue weighted by Crippen LogP contribution is 2.37. The van der Waals surface area contributed by atoms with Crippen molar-refractivity contribution in [1.82, 2.24) is 4.90 Å². The van der Waals surface area contributed by atoms with Gasteiger partial charge in [0, 0.05) is 6.54 Å². The maximum atomic E-state index is 11.9. The standard InChI is InChI=1S/C15H21NO4/c1-5-20-15(17)16-7-6-11-8-13(18-3)14(19-4)9-12(11)10(16)2/h8-10H,5-7H2,1-4H3. The number of hydrogen-bond donors (Lipinski definition) is 0. The minimum absolute atomic E-state index is 0.0300. The zero-order chi connectivity index (χ0) is 14.7. The van der Waals surface area contributed by atoms with Crippen LogP contribution in [-0.4, -0.2) is 38.4 Å². The molecule has 1 aliphatic rings. The number of nitrogens with zero attached hydrogens (tertiary/aromatic N) is 1. The summed E-state index contributed by atoms with van der Waals surface area (Å²) < 4.78 is 15.8. The van der Waals surface area contributed by atoms with Gasteiger partial charge in [-0.15, -0.1) is 0 Å². The van der Waals surface area contributed by atoms with E-state index in [1.165, 1.54) is 5.56 Å². The first kappa shape index (κ1) is 14.5. The summed E-state index contributed by atoms with van der Waals surface area (Å²) in [6, 6.07) is 3.91. The summed E-state index contributed by atoms with van der Waals surface area (Å²) in [7, 11) is 3.24. The molecular formula is C15H21NO4. The van der Waals surface area contributed by atoms with Crippen LogP contribution in [0.3, 0.4) is 0 Å². The summed E-state index contributed by atoms with van der Waals surface area (Å²) in [6.45, 7) is 4.86. The van der Waals surface area contributed by atoms with E-state index in [4.69, 9.17) is 14.2 Å². The third kappa shape index (κ3) is 2.53. The highest BCUT2D eigenvalue weighted by molar-refractivity contribution is 5.69. The third-order valence-corrected chi connectivity index (χ3v) is 3.69. The molecule has 1 aliphatic heterocycles. The molecule has 5 heteroatoms. The van der Waals surface area contributed by atoms with E-state index in [9.17, 15) is 4.79 Å². The molecular weight excluding hydrogens is 258 g/mol. The molecule has 5 nitrogen and oxygen atoms in total. The van der Waals surface area contributed by atoms with E-state index in [1.54, 1.807) is 19.1 Å². The van der Waals surface area contributed by atoms with Gasteiger partial charge in [-0.3, -0.25) is 0 Å². The lowest BCUT2D eigenvalue weighted by atomic mass is 9.93. The van der Waals surface area contributed by atoms with Gasteiger partial charge in [0.1, 0.15) is 0 Å². The van der Waals surface area contributed by atoms with Crippen LogP contribution in [0.4, 0.5) is 4.79 Å². The normalized spacial score (nSPS) is 17.4. The fourth-order valence-electron chi connectivity index (χ4n) is 2.60. The average Bonchev–Trinajstić information content (AvgIpc) is 2.46. The quantitative estimate of drug-likeness (QED) is 0.853. The molecule has 1 amide bonds. The van der Waals surface area contributed by atoms with Crippen molar-refractivity contribution in [3.05, 3.63) is 23.3 Å². The number of rotatable bonds is 3. The summed E-state index contributed by atoms with van der Waals surface area (Å²) in [5, 5.41) is 0. The number of fused-ring (bicyclic) bond motifs is 1. The Bertz CT molecular complexity index is 501. The van der Waals surface area contributed by atoms with Crippen LogP contribution in [0.5, 0.6) is 11.5 Å². The molecule has 2 rings (SSSR count). The van der Waals surface area contributed by atoms with E-state index in [0.29, 0.717) is 18.9 Å². The van der Waals surface area contributed by atoms with Crippen LogP contribution in [0, 0.1) is 0 Å². The van der Waals surface area contributed by atoms with Crippen LogP contribution in [0.15, 0.2) is 12.1 Å². The van der Waals surface area contributed by atoms with E-state index in [1.807, 2.05) is 26.0 Å². The predicted octanol–water partition coefficient (Wildman–Crippen LogP) is 2.78. The van der Waals surface area contributed by atoms with Crippen molar-refractivity contribution < 1.29 is 19.0 Å². The highest BCUT2D eigenvalue weighted by atomic mass is 16.6. The third-order valence-electron chi connectivity index (χ3n) is 3.69. The number of hydrogen-bond acceptors (Lipinski definition) is 4. The van der Waals surface area contributed by atoms with Gasteiger partial charge in [-0.05, 0) is 43.5 Å². The van der Waals surface area contributed by atoms with Gasteiger partial charge < -0.3 is 19.1 Å². The molecule has 0 bridgehead atoms. The monoisotopic (exact) mass is 279 g/mol. The highest BCUT2D eigenvalue weighted by Gasteiger charge is 2.29. The van der Waals surface area contributed by atoms with E-state index in [2.05, 4.69) is 0 Å². The second kappa shape index (κ2) is 6.03. The van der Waals surface area contributed by atoms with Gasteiger partial charge in [-0.25, -0.2) is 4.79 Å². The topological polar surface area (TPSA) is 48.0 Å². The number of ether oxygens (including phenoxy) is 3. The molecule has 0 fully saturated rings. The molecule has 1 unspecified atom stereocenters. The summed E-state index contributed by atoms with van der Waals surface area (Å²) >= 11 is 0. The Morgan fingerprint density at radius 3 is 2.55 bits per heavy atom. The smallest absolute Gasteiger partial charge is 0.410 e. The van der Waals surface area contributed by atoms with E-state index < -0.39 is 0 Å². The lowest BCUT2D eigenvalue weighted by Crippen LogP contribution is -2.39. The van der Waals surface area contributed by atoms with E-state index >= 15 is 0 Å². The van der Waals surface area contributed by atoms with Crippen LogP contribution in [0.1, 0.15) is 31.0 Å². The molecule has 1 atom stereocenters. The summed E-state index contributed by atoms with van der Waals surface area (Å²) in [6.07, 6.45) is 0.527. The van der Waals surface area contributed by atoms with Crippen LogP contribution in [0.2, 0.25) is 0 Å². The van der Waals surface area contributed by atoms with Gasteiger partial charge >= 0.3 is 6.09 Å². The number of amides is 1. The molecule has 1 aromatic rings. The molecule has 0 saturated carbocycles. The number of benzene rings is 1. The maximum absolute atomic E-state index is 11.9. The Morgan fingerprint density at radius 2 is 1.95 bits per heavy atom. The first-order valence-corrected chi connectivity index (χ1v) is 6.80. The SMILES string of the molecule is CCOC(=O)N1CCc2cc(OC)c(OC)cc2C1C. The molecule has 110 valence electrons. The number of carbonyl (C=O) groups excluding carboxylic acids is 1. The zero-order valence-corrected chi connectivity index (χ0v) is 12.4. The van der Waals surface area contributed by atoms with Gasteiger partial charge in [0.25, 0.3) is 0 Å². The Labute approximate surface area is 119 Å². The molecule has 0 saturated heterocycles. The van der Waals surface area contributed by atoms with E-state index in [-0.39, 0.29) is 12.1 Å². The molecule has 0 spiro atoms. The molecule has 1 aromatic carbocycles. The average molecular weight is 279 g/mol. The van der Waals surface area contributed by atoms with Crippen molar-refractivity contribution in [2.75, 3.05) is 27.4 Å². The lowest BCUT2D eigenvalue weighted by Gasteiger charge is -2.34. The summed E-state index contributed by atoms with van der Waals surface area (Å²) in [5.41, 5.74) is 2.28. The first-order valence-electron chi connectivity index (χ1n) is 6.80. The van der Waals surface area contributed by atoms with Crippen molar-refractivity contribution >= 4 is 6.09 Å². The number of carbonyl (C=O) groups is 1. The molecule has 20 heavy (non-hydrogen) atoms. The van der Waals surface area contributed by atoms with Crippen molar-refractivity contribution in [3.8, 4) is 11.5 Å². The van der Waals surface area contributed by atoms with Gasteiger partial charge in [0.2, 0.25) is 0 Å². The summed E-state index contributed by atoms with van der Waals surface area (Å²) in [4.78, 5) is 13.7. The van der Waals surface area contributed by atoms with Crippen molar-refractivity contribution in [3.63, 3.8) is 0 Å². The Hall–Kier alpha value is -1.91. The van der Waals surface area contributed by atoms with Crippen molar-refractivity contribution in [2.45, 2.75) is 26.3 Å². The fraction of sp³-hybridized carbons (Fsp3) is 0.533. The summed E-state index contributed by atoms with van der Waals surface area (Å²) in [5.74, 6) is 1.41. The van der Waals surface area contributed by atoms with Crippen LogP contribution in [-0.2, 0) is 11.2 Å². The first-order chi connectivity index (χ1) is 9.62. The molecule has 0 N–H and O–H groups in total. The molecule has 0 aromatic heterocycles. The molecule has 1 heterocycles. The Morgan fingerprint density at radius 1 is 1.30 bits per heavy atom. The maximum Gasteiger partial charge on any atom is 0.410 e. The second-order valence-corrected chi connectivity index (χ2v) is 4.72. The largest absolute Gasteiger partial charge is 0.493 e.